The van der Waals surface area contributed by atoms with Gasteiger partial charge in [-0.15, -0.1) is 0 Å². The van der Waals surface area contributed by atoms with Crippen LogP contribution in [-0.2, 0) is 22.9 Å². The third kappa shape index (κ3) is 4.50. The number of aryl methyl sites for hydroxylation is 3. The number of para-hydroxylation sites is 2. The molecular formula is C32H27N3O3S. The fourth-order valence-electron chi connectivity index (χ4n) is 5.21. The van der Waals surface area contributed by atoms with Crippen LogP contribution in [-0.4, -0.2) is 27.5 Å². The summed E-state index contributed by atoms with van der Waals surface area (Å²) in [5, 5.41) is 13.6. The van der Waals surface area contributed by atoms with Gasteiger partial charge >= 0.3 is 0 Å². The summed E-state index contributed by atoms with van der Waals surface area (Å²) in [5.74, 6) is 0. The number of hydrogen-bond acceptors (Lipinski definition) is 5. The van der Waals surface area contributed by atoms with Crippen molar-refractivity contribution in [3.8, 4) is 0 Å². The average Bonchev–Trinajstić information content (AvgIpc) is 3.31. The molecule has 6 rings (SSSR count). The number of aliphatic hydroxyl groups excluding tert-OH is 1. The first kappa shape index (κ1) is 25.0. The molecule has 0 radical (unpaired) electrons. The summed E-state index contributed by atoms with van der Waals surface area (Å²) in [4.78, 5) is 9.07. The molecule has 0 fully saturated rings. The third-order valence-corrected chi connectivity index (χ3v) is 8.87. The van der Waals surface area contributed by atoms with E-state index in [9.17, 15) is 13.5 Å². The molecule has 0 aliphatic carbocycles. The molecule has 0 saturated carbocycles. The molecule has 3 aromatic heterocycles. The van der Waals surface area contributed by atoms with Crippen LogP contribution >= 0.6 is 0 Å². The fourth-order valence-corrected chi connectivity index (χ4v) is 6.79. The maximum absolute atomic E-state index is 14.3. The molecule has 39 heavy (non-hydrogen) atoms. The summed E-state index contributed by atoms with van der Waals surface area (Å²) in [6.45, 7) is 1.92. The summed E-state index contributed by atoms with van der Waals surface area (Å²) in [6, 6.07) is 29.3. The highest BCUT2D eigenvalue weighted by molar-refractivity contribution is 7.90. The predicted octanol–water partition coefficient (Wildman–Crippen LogP) is 6.00. The maximum atomic E-state index is 14.3. The van der Waals surface area contributed by atoms with E-state index in [0.717, 1.165) is 33.1 Å². The van der Waals surface area contributed by atoms with Gasteiger partial charge in [0.15, 0.2) is 0 Å². The van der Waals surface area contributed by atoms with Crippen LogP contribution in [0.1, 0.15) is 34.2 Å². The number of aromatic nitrogens is 3. The first-order chi connectivity index (χ1) is 18.9. The second-order valence-electron chi connectivity index (χ2n) is 9.60. The van der Waals surface area contributed by atoms with Crippen LogP contribution < -0.4 is 0 Å². The minimum absolute atomic E-state index is 0.165. The number of rotatable bonds is 7. The molecule has 0 aliphatic rings. The van der Waals surface area contributed by atoms with Crippen molar-refractivity contribution >= 4 is 31.8 Å². The highest BCUT2D eigenvalue weighted by Crippen LogP contribution is 2.38. The molecule has 0 spiro atoms. The van der Waals surface area contributed by atoms with E-state index in [1.165, 1.54) is 3.97 Å². The predicted molar refractivity (Wildman–Crippen MR) is 153 cm³/mol. The lowest BCUT2D eigenvalue weighted by Gasteiger charge is -2.19. The lowest BCUT2D eigenvalue weighted by molar-refractivity contribution is 0.215. The zero-order chi connectivity index (χ0) is 27.0. The normalized spacial score (nSPS) is 12.7. The van der Waals surface area contributed by atoms with Gasteiger partial charge in [0.1, 0.15) is 6.10 Å². The van der Waals surface area contributed by atoms with Crippen LogP contribution in [0.5, 0.6) is 0 Å². The van der Waals surface area contributed by atoms with Gasteiger partial charge in [-0.05, 0) is 73.4 Å². The van der Waals surface area contributed by atoms with Crippen molar-refractivity contribution in [2.45, 2.75) is 30.8 Å². The standard InChI is InChI=1S/C32H27N3O3S/c1-22-13-16-24(17-14-22)39(37,38)35-30-12-5-3-10-26(30)27(18-15-23-8-6-7-20-33-23)31(35)32(36)28-19-21-34-29-11-4-2-9-25(28)29/h2-14,16-17,19-21,32,36H,15,18H2,1H3. The smallest absolute Gasteiger partial charge is 0.268 e. The van der Waals surface area contributed by atoms with Gasteiger partial charge in [-0.25, -0.2) is 12.4 Å². The van der Waals surface area contributed by atoms with Gasteiger partial charge in [-0.2, -0.15) is 0 Å². The fraction of sp³-hybridized carbons (Fsp3) is 0.125. The van der Waals surface area contributed by atoms with Crippen LogP contribution in [0.4, 0.5) is 0 Å². The van der Waals surface area contributed by atoms with Crippen molar-refractivity contribution in [3.05, 3.63) is 138 Å². The SMILES string of the molecule is Cc1ccc(S(=O)(=O)n2c(C(O)c3ccnc4ccccc34)c(CCc3ccccn3)c3ccccc32)cc1. The lowest BCUT2D eigenvalue weighted by atomic mass is 9.96. The van der Waals surface area contributed by atoms with E-state index < -0.39 is 16.1 Å². The summed E-state index contributed by atoms with van der Waals surface area (Å²) in [5.41, 5.74) is 4.83. The molecule has 3 heterocycles. The second kappa shape index (κ2) is 10.1. The molecule has 0 amide bonds. The van der Waals surface area contributed by atoms with Crippen molar-refractivity contribution in [2.24, 2.45) is 0 Å². The van der Waals surface area contributed by atoms with Crippen molar-refractivity contribution in [1.29, 1.82) is 0 Å². The van der Waals surface area contributed by atoms with Gasteiger partial charge in [-0.3, -0.25) is 9.97 Å². The molecule has 1 N–H and O–H groups in total. The van der Waals surface area contributed by atoms with Gasteiger partial charge in [-0.1, -0.05) is 60.2 Å². The number of hydrogen-bond donors (Lipinski definition) is 1. The molecular weight excluding hydrogens is 506 g/mol. The minimum atomic E-state index is -4.06. The van der Waals surface area contributed by atoms with Crippen molar-refractivity contribution in [2.75, 3.05) is 0 Å². The van der Waals surface area contributed by atoms with Crippen molar-refractivity contribution in [1.82, 2.24) is 13.9 Å². The minimum Gasteiger partial charge on any atom is -0.382 e. The van der Waals surface area contributed by atoms with E-state index in [2.05, 4.69) is 9.97 Å². The van der Waals surface area contributed by atoms with Crippen LogP contribution in [0.15, 0.2) is 114 Å². The van der Waals surface area contributed by atoms with E-state index in [-0.39, 0.29) is 4.90 Å². The molecule has 1 unspecified atom stereocenters. The summed E-state index contributed by atoms with van der Waals surface area (Å²) in [6.07, 6.45) is 3.28. The lowest BCUT2D eigenvalue weighted by Crippen LogP contribution is -2.19. The second-order valence-corrected chi connectivity index (χ2v) is 11.4. The Bertz CT molecular complexity index is 1890. The average molecular weight is 534 g/mol. The summed E-state index contributed by atoms with van der Waals surface area (Å²) in [7, 11) is -4.06. The molecule has 3 aromatic carbocycles. The number of pyridine rings is 2. The quantitative estimate of drug-likeness (QED) is 0.272. The molecule has 1 atom stereocenters. The molecule has 6 aromatic rings. The molecule has 6 nitrogen and oxygen atoms in total. The first-order valence-electron chi connectivity index (χ1n) is 12.8. The van der Waals surface area contributed by atoms with Gasteiger partial charge in [0, 0.05) is 28.9 Å². The third-order valence-electron chi connectivity index (χ3n) is 7.13. The van der Waals surface area contributed by atoms with Crippen LogP contribution in [0, 0.1) is 6.92 Å². The molecule has 194 valence electrons. The van der Waals surface area contributed by atoms with Crippen LogP contribution in [0.2, 0.25) is 0 Å². The zero-order valence-electron chi connectivity index (χ0n) is 21.4. The Morgan fingerprint density at radius 1 is 0.769 bits per heavy atom. The van der Waals surface area contributed by atoms with E-state index in [1.54, 1.807) is 48.8 Å². The van der Waals surface area contributed by atoms with Crippen molar-refractivity contribution in [3.63, 3.8) is 0 Å². The number of fused-ring (bicyclic) bond motifs is 2. The van der Waals surface area contributed by atoms with Gasteiger partial charge < -0.3 is 5.11 Å². The Kier molecular flexibility index (Phi) is 6.46. The maximum Gasteiger partial charge on any atom is 0.268 e. The largest absolute Gasteiger partial charge is 0.382 e. The first-order valence-corrected chi connectivity index (χ1v) is 14.3. The van der Waals surface area contributed by atoms with Crippen molar-refractivity contribution < 1.29 is 13.5 Å². The van der Waals surface area contributed by atoms with E-state index >= 15 is 0 Å². The Balaban J connectivity index is 1.63. The van der Waals surface area contributed by atoms with Crippen LogP contribution in [0.25, 0.3) is 21.8 Å². The Morgan fingerprint density at radius 3 is 2.26 bits per heavy atom. The number of aliphatic hydroxyl groups is 1. The van der Waals surface area contributed by atoms with Gasteiger partial charge in [0.25, 0.3) is 10.0 Å². The van der Waals surface area contributed by atoms with E-state index in [4.69, 9.17) is 0 Å². The van der Waals surface area contributed by atoms with Gasteiger partial charge in [0.2, 0.25) is 0 Å². The van der Waals surface area contributed by atoms with E-state index in [1.807, 2.05) is 67.6 Å². The highest BCUT2D eigenvalue weighted by Gasteiger charge is 2.31. The molecule has 0 saturated heterocycles. The number of nitrogens with zero attached hydrogens (tertiary/aromatic N) is 3. The van der Waals surface area contributed by atoms with Crippen LogP contribution in [0.3, 0.4) is 0 Å². The topological polar surface area (TPSA) is 85.1 Å². The molecule has 7 heteroatoms. The molecule has 0 aliphatic heterocycles. The summed E-state index contributed by atoms with van der Waals surface area (Å²) >= 11 is 0. The Labute approximate surface area is 227 Å². The highest BCUT2D eigenvalue weighted by atomic mass is 32.2. The van der Waals surface area contributed by atoms with Gasteiger partial charge in [0.05, 0.1) is 21.6 Å². The number of benzene rings is 3. The Morgan fingerprint density at radius 2 is 1.49 bits per heavy atom. The Hall–Kier alpha value is -4.33. The summed E-state index contributed by atoms with van der Waals surface area (Å²) < 4.78 is 29.9. The van der Waals surface area contributed by atoms with E-state index in [0.29, 0.717) is 29.6 Å². The molecule has 0 bridgehead atoms. The zero-order valence-corrected chi connectivity index (χ0v) is 22.2. The monoisotopic (exact) mass is 533 g/mol.